The molecular formula is C15H17ClN2O2. The first-order valence-corrected chi connectivity index (χ1v) is 6.74. The third-order valence-corrected chi connectivity index (χ3v) is 2.70. The standard InChI is InChI=1S/C15H17ClN2O2/c1-15(2,3)20-14(19)10-12-7-8-18(17-12)13-6-4-5-11(16)9-13/h4-9H,10H2,1-3H3. The lowest BCUT2D eigenvalue weighted by Gasteiger charge is -2.18. The molecule has 0 amide bonds. The Balaban J connectivity index is 2.08. The Morgan fingerprint density at radius 1 is 1.35 bits per heavy atom. The van der Waals surface area contributed by atoms with E-state index in [4.69, 9.17) is 16.3 Å². The minimum atomic E-state index is -0.480. The quantitative estimate of drug-likeness (QED) is 0.814. The van der Waals surface area contributed by atoms with Gasteiger partial charge in [0.15, 0.2) is 0 Å². The van der Waals surface area contributed by atoms with Crippen LogP contribution in [0.5, 0.6) is 0 Å². The van der Waals surface area contributed by atoms with Crippen LogP contribution < -0.4 is 0 Å². The summed E-state index contributed by atoms with van der Waals surface area (Å²) < 4.78 is 6.95. The van der Waals surface area contributed by atoms with Crippen LogP contribution in [0.2, 0.25) is 5.02 Å². The third-order valence-electron chi connectivity index (χ3n) is 2.46. The number of carbonyl (C=O) groups excluding carboxylic acids is 1. The molecule has 106 valence electrons. The van der Waals surface area contributed by atoms with E-state index in [1.807, 2.05) is 39.0 Å². The molecule has 4 nitrogen and oxygen atoms in total. The highest BCUT2D eigenvalue weighted by Gasteiger charge is 2.17. The highest BCUT2D eigenvalue weighted by molar-refractivity contribution is 6.30. The predicted octanol–water partition coefficient (Wildman–Crippen LogP) is 3.41. The van der Waals surface area contributed by atoms with Gasteiger partial charge in [-0.1, -0.05) is 17.7 Å². The fourth-order valence-corrected chi connectivity index (χ4v) is 1.93. The lowest BCUT2D eigenvalue weighted by molar-refractivity contribution is -0.154. The summed E-state index contributed by atoms with van der Waals surface area (Å²) in [5.74, 6) is -0.283. The molecule has 1 heterocycles. The minimum absolute atomic E-state index is 0.158. The van der Waals surface area contributed by atoms with Gasteiger partial charge in [0.05, 0.1) is 17.8 Å². The molecule has 5 heteroatoms. The number of benzene rings is 1. The second-order valence-electron chi connectivity index (χ2n) is 5.49. The van der Waals surface area contributed by atoms with Gasteiger partial charge in [-0.25, -0.2) is 4.68 Å². The number of halogens is 1. The van der Waals surface area contributed by atoms with Crippen molar-refractivity contribution in [2.24, 2.45) is 0 Å². The molecule has 0 saturated carbocycles. The third kappa shape index (κ3) is 4.10. The van der Waals surface area contributed by atoms with Gasteiger partial charge in [0, 0.05) is 11.2 Å². The first-order valence-electron chi connectivity index (χ1n) is 6.36. The summed E-state index contributed by atoms with van der Waals surface area (Å²) in [5.41, 5.74) is 1.04. The maximum absolute atomic E-state index is 11.7. The summed E-state index contributed by atoms with van der Waals surface area (Å²) in [7, 11) is 0. The van der Waals surface area contributed by atoms with Crippen molar-refractivity contribution in [2.75, 3.05) is 0 Å². The molecule has 0 spiro atoms. The van der Waals surface area contributed by atoms with Crippen molar-refractivity contribution in [3.8, 4) is 5.69 Å². The summed E-state index contributed by atoms with van der Waals surface area (Å²) in [6, 6.07) is 9.16. The van der Waals surface area contributed by atoms with Crippen molar-refractivity contribution in [2.45, 2.75) is 32.8 Å². The predicted molar refractivity (Wildman–Crippen MR) is 78.1 cm³/mol. The monoisotopic (exact) mass is 292 g/mol. The average molecular weight is 293 g/mol. The lowest BCUT2D eigenvalue weighted by atomic mass is 10.2. The van der Waals surface area contributed by atoms with Crippen molar-refractivity contribution in [1.29, 1.82) is 0 Å². The SMILES string of the molecule is CC(C)(C)OC(=O)Cc1ccn(-c2cccc(Cl)c2)n1. The molecule has 0 saturated heterocycles. The van der Waals surface area contributed by atoms with E-state index < -0.39 is 5.60 Å². The minimum Gasteiger partial charge on any atom is -0.460 e. The Morgan fingerprint density at radius 3 is 2.75 bits per heavy atom. The Bertz CT molecular complexity index is 614. The van der Waals surface area contributed by atoms with Gasteiger partial charge in [-0.2, -0.15) is 5.10 Å². The van der Waals surface area contributed by atoms with E-state index in [0.717, 1.165) is 5.69 Å². The van der Waals surface area contributed by atoms with Gasteiger partial charge in [0.25, 0.3) is 0 Å². The van der Waals surface area contributed by atoms with E-state index in [2.05, 4.69) is 5.10 Å². The summed E-state index contributed by atoms with van der Waals surface area (Å²) in [6.07, 6.45) is 1.95. The largest absolute Gasteiger partial charge is 0.460 e. The number of nitrogens with zero attached hydrogens (tertiary/aromatic N) is 2. The molecule has 1 aromatic carbocycles. The summed E-state index contributed by atoms with van der Waals surface area (Å²) >= 11 is 5.94. The number of aromatic nitrogens is 2. The van der Waals surface area contributed by atoms with E-state index in [1.54, 1.807) is 23.0 Å². The average Bonchev–Trinajstić information content (AvgIpc) is 2.74. The molecule has 2 aromatic rings. The molecule has 0 atom stereocenters. The second kappa shape index (κ2) is 5.67. The molecule has 0 bridgehead atoms. The normalized spacial score (nSPS) is 11.4. The molecule has 0 aliphatic rings. The van der Waals surface area contributed by atoms with Crippen molar-refractivity contribution in [1.82, 2.24) is 9.78 Å². The zero-order valence-electron chi connectivity index (χ0n) is 11.8. The first kappa shape index (κ1) is 14.6. The summed E-state index contributed by atoms with van der Waals surface area (Å²) in [4.78, 5) is 11.7. The lowest BCUT2D eigenvalue weighted by Crippen LogP contribution is -2.25. The fourth-order valence-electron chi connectivity index (χ4n) is 1.74. The van der Waals surface area contributed by atoms with Gasteiger partial charge in [0.2, 0.25) is 0 Å². The number of rotatable bonds is 3. The first-order chi connectivity index (χ1) is 9.33. The zero-order valence-corrected chi connectivity index (χ0v) is 12.5. The van der Waals surface area contributed by atoms with Crippen molar-refractivity contribution in [3.05, 3.63) is 47.2 Å². The summed E-state index contributed by atoms with van der Waals surface area (Å²) in [6.45, 7) is 5.53. The molecule has 0 N–H and O–H groups in total. The second-order valence-corrected chi connectivity index (χ2v) is 5.93. The Kier molecular flexibility index (Phi) is 4.14. The molecule has 1 aromatic heterocycles. The van der Waals surface area contributed by atoms with Gasteiger partial charge < -0.3 is 4.74 Å². The van der Waals surface area contributed by atoms with Crippen LogP contribution in [0.1, 0.15) is 26.5 Å². The number of ether oxygens (including phenoxy) is 1. The maximum atomic E-state index is 11.7. The van der Waals surface area contributed by atoms with Crippen LogP contribution in [-0.4, -0.2) is 21.4 Å². The Labute approximate surface area is 123 Å². The molecule has 0 unspecified atom stereocenters. The number of hydrogen-bond donors (Lipinski definition) is 0. The van der Waals surface area contributed by atoms with Crippen molar-refractivity contribution < 1.29 is 9.53 Å². The highest BCUT2D eigenvalue weighted by Crippen LogP contribution is 2.15. The van der Waals surface area contributed by atoms with Gasteiger partial charge in [0.1, 0.15) is 5.60 Å². The highest BCUT2D eigenvalue weighted by atomic mass is 35.5. The fraction of sp³-hybridized carbons (Fsp3) is 0.333. The van der Waals surface area contributed by atoms with Crippen LogP contribution in [-0.2, 0) is 16.0 Å². The molecule has 0 aliphatic heterocycles. The van der Waals surface area contributed by atoms with E-state index in [-0.39, 0.29) is 12.4 Å². The number of esters is 1. The molecule has 0 aliphatic carbocycles. The maximum Gasteiger partial charge on any atom is 0.312 e. The van der Waals surface area contributed by atoms with E-state index in [1.165, 1.54) is 0 Å². The Hall–Kier alpha value is -1.81. The van der Waals surface area contributed by atoms with Crippen LogP contribution in [0.4, 0.5) is 0 Å². The molecular weight excluding hydrogens is 276 g/mol. The Morgan fingerprint density at radius 2 is 2.10 bits per heavy atom. The van der Waals surface area contributed by atoms with Crippen LogP contribution in [0.25, 0.3) is 5.69 Å². The van der Waals surface area contributed by atoms with Crippen LogP contribution in [0.15, 0.2) is 36.5 Å². The smallest absolute Gasteiger partial charge is 0.312 e. The van der Waals surface area contributed by atoms with Crippen LogP contribution >= 0.6 is 11.6 Å². The van der Waals surface area contributed by atoms with Crippen LogP contribution in [0.3, 0.4) is 0 Å². The zero-order chi connectivity index (χ0) is 14.8. The summed E-state index contributed by atoms with van der Waals surface area (Å²) in [5, 5.41) is 4.99. The van der Waals surface area contributed by atoms with Gasteiger partial charge in [-0.05, 0) is 45.0 Å². The van der Waals surface area contributed by atoms with Crippen molar-refractivity contribution >= 4 is 17.6 Å². The van der Waals surface area contributed by atoms with E-state index >= 15 is 0 Å². The molecule has 2 rings (SSSR count). The molecule has 0 fully saturated rings. The van der Waals surface area contributed by atoms with E-state index in [9.17, 15) is 4.79 Å². The van der Waals surface area contributed by atoms with Crippen LogP contribution in [0, 0.1) is 0 Å². The van der Waals surface area contributed by atoms with Gasteiger partial charge in [-0.3, -0.25) is 4.79 Å². The molecule has 20 heavy (non-hydrogen) atoms. The van der Waals surface area contributed by atoms with Gasteiger partial charge in [-0.15, -0.1) is 0 Å². The van der Waals surface area contributed by atoms with E-state index in [0.29, 0.717) is 10.7 Å². The van der Waals surface area contributed by atoms with Crippen molar-refractivity contribution in [3.63, 3.8) is 0 Å². The molecule has 0 radical (unpaired) electrons. The number of carbonyl (C=O) groups is 1. The number of hydrogen-bond acceptors (Lipinski definition) is 3. The topological polar surface area (TPSA) is 44.1 Å². The van der Waals surface area contributed by atoms with Gasteiger partial charge >= 0.3 is 5.97 Å².